The highest BCUT2D eigenvalue weighted by atomic mass is 16.6. The van der Waals surface area contributed by atoms with Crippen LogP contribution in [0.5, 0.6) is 0 Å². The molecule has 0 aliphatic rings. The van der Waals surface area contributed by atoms with E-state index in [-0.39, 0.29) is 0 Å². The smallest absolute Gasteiger partial charge is 0.0734 e. The molecule has 0 bridgehead atoms. The molecule has 0 spiro atoms. The second kappa shape index (κ2) is 4.05. The van der Waals surface area contributed by atoms with E-state index in [1.54, 1.807) is 0 Å². The molecule has 0 aliphatic carbocycles. The van der Waals surface area contributed by atoms with Gasteiger partial charge in [-0.1, -0.05) is 6.07 Å². The Morgan fingerprint density at radius 3 is 3.00 bits per heavy atom. The molecule has 0 unspecified atom stereocenters. The van der Waals surface area contributed by atoms with E-state index in [2.05, 4.69) is 9.82 Å². The van der Waals surface area contributed by atoms with Gasteiger partial charge >= 0.3 is 0 Å². The van der Waals surface area contributed by atoms with Crippen LogP contribution in [0.25, 0.3) is 0 Å². The summed E-state index contributed by atoms with van der Waals surface area (Å²) in [6.07, 6.45) is 0.776. The van der Waals surface area contributed by atoms with Crippen molar-refractivity contribution in [3.05, 3.63) is 29.6 Å². The molecule has 2 N–H and O–H groups in total. The SMILES string of the molecule is Cc1cccc(CCON)n1. The first-order chi connectivity index (χ1) is 5.33. The monoisotopic (exact) mass is 152 g/mol. The van der Waals surface area contributed by atoms with Crippen LogP contribution in [0.2, 0.25) is 0 Å². The zero-order valence-corrected chi connectivity index (χ0v) is 6.58. The summed E-state index contributed by atoms with van der Waals surface area (Å²) in [5.74, 6) is 4.89. The molecular weight excluding hydrogens is 140 g/mol. The summed E-state index contributed by atoms with van der Waals surface area (Å²) < 4.78 is 0. The number of pyridine rings is 1. The maximum Gasteiger partial charge on any atom is 0.0734 e. The minimum atomic E-state index is 0.524. The number of rotatable bonds is 3. The number of hydrogen-bond donors (Lipinski definition) is 1. The Morgan fingerprint density at radius 2 is 2.36 bits per heavy atom. The third-order valence-corrected chi connectivity index (χ3v) is 1.42. The first-order valence-corrected chi connectivity index (χ1v) is 3.57. The van der Waals surface area contributed by atoms with Gasteiger partial charge in [-0.2, -0.15) is 0 Å². The van der Waals surface area contributed by atoms with Crippen molar-refractivity contribution in [2.45, 2.75) is 13.3 Å². The zero-order chi connectivity index (χ0) is 8.10. The van der Waals surface area contributed by atoms with Gasteiger partial charge in [0.2, 0.25) is 0 Å². The molecule has 1 heterocycles. The van der Waals surface area contributed by atoms with Gasteiger partial charge in [0, 0.05) is 17.8 Å². The second-order valence-corrected chi connectivity index (χ2v) is 2.39. The van der Waals surface area contributed by atoms with E-state index in [0.29, 0.717) is 6.61 Å². The minimum Gasteiger partial charge on any atom is -0.304 e. The van der Waals surface area contributed by atoms with Crippen LogP contribution in [0.15, 0.2) is 18.2 Å². The highest BCUT2D eigenvalue weighted by molar-refractivity contribution is 5.09. The summed E-state index contributed by atoms with van der Waals surface area (Å²) in [5.41, 5.74) is 2.05. The lowest BCUT2D eigenvalue weighted by Gasteiger charge is -1.99. The molecule has 0 atom stereocenters. The topological polar surface area (TPSA) is 48.1 Å². The van der Waals surface area contributed by atoms with E-state index in [9.17, 15) is 0 Å². The van der Waals surface area contributed by atoms with Crippen LogP contribution in [0.4, 0.5) is 0 Å². The third kappa shape index (κ3) is 2.65. The van der Waals surface area contributed by atoms with E-state index in [1.807, 2.05) is 25.1 Å². The van der Waals surface area contributed by atoms with Gasteiger partial charge < -0.3 is 4.84 Å². The van der Waals surface area contributed by atoms with Gasteiger partial charge in [-0.05, 0) is 19.1 Å². The Hall–Kier alpha value is -0.930. The number of aromatic nitrogens is 1. The van der Waals surface area contributed by atoms with Crippen molar-refractivity contribution in [3.63, 3.8) is 0 Å². The van der Waals surface area contributed by atoms with Crippen molar-refractivity contribution in [1.29, 1.82) is 0 Å². The third-order valence-electron chi connectivity index (χ3n) is 1.42. The largest absolute Gasteiger partial charge is 0.304 e. The fourth-order valence-electron chi connectivity index (χ4n) is 0.902. The zero-order valence-electron chi connectivity index (χ0n) is 6.58. The van der Waals surface area contributed by atoms with Gasteiger partial charge in [-0.25, -0.2) is 5.90 Å². The standard InChI is InChI=1S/C8H12N2O/c1-7-3-2-4-8(10-7)5-6-11-9/h2-4H,5-6,9H2,1H3. The van der Waals surface area contributed by atoms with Crippen molar-refractivity contribution in [3.8, 4) is 0 Å². The number of hydrogen-bond acceptors (Lipinski definition) is 3. The van der Waals surface area contributed by atoms with E-state index in [1.165, 1.54) is 0 Å². The van der Waals surface area contributed by atoms with Crippen LogP contribution in [0.1, 0.15) is 11.4 Å². The maximum atomic E-state index is 4.89. The molecule has 60 valence electrons. The van der Waals surface area contributed by atoms with Crippen LogP contribution in [-0.2, 0) is 11.3 Å². The lowest BCUT2D eigenvalue weighted by atomic mass is 10.2. The van der Waals surface area contributed by atoms with Crippen molar-refractivity contribution in [1.82, 2.24) is 4.98 Å². The second-order valence-electron chi connectivity index (χ2n) is 2.39. The number of aryl methyl sites for hydroxylation is 1. The first-order valence-electron chi connectivity index (χ1n) is 3.57. The van der Waals surface area contributed by atoms with Gasteiger partial charge in [0.15, 0.2) is 0 Å². The summed E-state index contributed by atoms with van der Waals surface area (Å²) >= 11 is 0. The molecule has 1 aromatic rings. The highest BCUT2D eigenvalue weighted by Gasteiger charge is 1.93. The van der Waals surface area contributed by atoms with Crippen molar-refractivity contribution < 1.29 is 4.84 Å². The van der Waals surface area contributed by atoms with E-state index in [0.717, 1.165) is 17.8 Å². The first kappa shape index (κ1) is 8.17. The van der Waals surface area contributed by atoms with Crippen molar-refractivity contribution >= 4 is 0 Å². The van der Waals surface area contributed by atoms with E-state index >= 15 is 0 Å². The molecule has 0 aromatic carbocycles. The Labute approximate surface area is 66.2 Å². The summed E-state index contributed by atoms with van der Waals surface area (Å²) in [6.45, 7) is 2.49. The van der Waals surface area contributed by atoms with Crippen LogP contribution in [0, 0.1) is 6.92 Å². The van der Waals surface area contributed by atoms with E-state index < -0.39 is 0 Å². The lowest BCUT2D eigenvalue weighted by Crippen LogP contribution is -2.05. The average molecular weight is 152 g/mol. The van der Waals surface area contributed by atoms with E-state index in [4.69, 9.17) is 5.90 Å². The lowest BCUT2D eigenvalue weighted by molar-refractivity contribution is 0.140. The number of nitrogens with zero attached hydrogens (tertiary/aromatic N) is 1. The highest BCUT2D eigenvalue weighted by Crippen LogP contribution is 1.98. The predicted octanol–water partition coefficient (Wildman–Crippen LogP) is 0.823. The molecule has 3 heteroatoms. The van der Waals surface area contributed by atoms with Crippen LogP contribution in [0.3, 0.4) is 0 Å². The van der Waals surface area contributed by atoms with Crippen molar-refractivity contribution in [2.75, 3.05) is 6.61 Å². The average Bonchev–Trinajstić information content (AvgIpc) is 2.01. The molecule has 0 aliphatic heterocycles. The van der Waals surface area contributed by atoms with Gasteiger partial charge in [-0.15, -0.1) is 0 Å². The summed E-state index contributed by atoms with van der Waals surface area (Å²) in [6, 6.07) is 5.91. The molecular formula is C8H12N2O. The Bertz CT molecular complexity index is 225. The minimum absolute atomic E-state index is 0.524. The molecule has 0 radical (unpaired) electrons. The Kier molecular flexibility index (Phi) is 3.01. The Morgan fingerprint density at radius 1 is 1.55 bits per heavy atom. The van der Waals surface area contributed by atoms with Gasteiger partial charge in [-0.3, -0.25) is 4.98 Å². The molecule has 0 amide bonds. The van der Waals surface area contributed by atoms with Gasteiger partial charge in [0.1, 0.15) is 0 Å². The fraction of sp³-hybridized carbons (Fsp3) is 0.375. The molecule has 1 rings (SSSR count). The molecule has 3 nitrogen and oxygen atoms in total. The predicted molar refractivity (Wildman–Crippen MR) is 42.8 cm³/mol. The normalized spacial score (nSPS) is 10.0. The number of nitrogens with two attached hydrogens (primary N) is 1. The summed E-state index contributed by atoms with van der Waals surface area (Å²) in [5, 5.41) is 0. The molecule has 0 saturated carbocycles. The molecule has 0 saturated heterocycles. The van der Waals surface area contributed by atoms with Crippen LogP contribution >= 0.6 is 0 Å². The summed E-state index contributed by atoms with van der Waals surface area (Å²) in [4.78, 5) is 8.72. The molecule has 1 aromatic heterocycles. The molecule has 11 heavy (non-hydrogen) atoms. The Balaban J connectivity index is 2.56. The quantitative estimate of drug-likeness (QED) is 0.652. The fourth-order valence-corrected chi connectivity index (χ4v) is 0.902. The van der Waals surface area contributed by atoms with Gasteiger partial charge in [0.05, 0.1) is 6.61 Å². The van der Waals surface area contributed by atoms with Crippen LogP contribution < -0.4 is 5.90 Å². The maximum absolute atomic E-state index is 4.89. The molecule has 0 fully saturated rings. The van der Waals surface area contributed by atoms with Gasteiger partial charge in [0.25, 0.3) is 0 Å². The van der Waals surface area contributed by atoms with Crippen LogP contribution in [-0.4, -0.2) is 11.6 Å². The summed E-state index contributed by atoms with van der Waals surface area (Å²) in [7, 11) is 0. The van der Waals surface area contributed by atoms with Crippen molar-refractivity contribution in [2.24, 2.45) is 5.90 Å².